The van der Waals surface area contributed by atoms with Gasteiger partial charge in [0, 0.05) is 53.3 Å². The maximum atomic E-state index is 11.7. The summed E-state index contributed by atoms with van der Waals surface area (Å²) >= 11 is 1.84. The van der Waals surface area contributed by atoms with E-state index in [4.69, 9.17) is 9.97 Å². The standard InChI is InChI=1S/C35H37N2S.C13H24O2.Ir/c1-21-15-25(17-24-11-7-8-12-24)16-22(2)30(21)33-23(3)31-34(38-33)32(37-20-36-31)27-18-26-13-9-10-14-28(26)29(19-27)35(4,5)6;1-5-10(6-2)12(14)9-13(15)11(7-3)8-4;/h9-10,13-16,19-20,24H,7-8,11-12,17H2,1-6H3;9-11,14H,5-8H2,1-4H3;/q-1;;/b;12-9-;. The first-order valence-corrected chi connectivity index (χ1v) is 20.9. The Kier molecular flexibility index (Phi) is 15.4. The van der Waals surface area contributed by atoms with Crippen molar-refractivity contribution in [2.24, 2.45) is 17.8 Å². The van der Waals surface area contributed by atoms with E-state index in [1.165, 1.54) is 81.8 Å². The number of aryl methyl sites for hydroxylation is 3. The number of carbonyl (C=O) groups excluding carboxylic acids is 1. The number of hydrogen-bond acceptors (Lipinski definition) is 5. The van der Waals surface area contributed by atoms with Crippen LogP contribution < -0.4 is 0 Å². The van der Waals surface area contributed by atoms with Gasteiger partial charge in [0.2, 0.25) is 0 Å². The molecular weight excluding hydrogens is 861 g/mol. The van der Waals surface area contributed by atoms with Gasteiger partial charge in [0.1, 0.15) is 6.33 Å². The third-order valence-electron chi connectivity index (χ3n) is 11.4. The van der Waals surface area contributed by atoms with Gasteiger partial charge in [-0.15, -0.1) is 40.5 Å². The largest absolute Gasteiger partial charge is 0.512 e. The van der Waals surface area contributed by atoms with Crippen molar-refractivity contribution in [2.45, 2.75) is 132 Å². The number of aromatic nitrogens is 2. The average molecular weight is 922 g/mol. The van der Waals surface area contributed by atoms with E-state index in [1.54, 1.807) is 6.33 Å². The third-order valence-corrected chi connectivity index (χ3v) is 12.7. The number of hydrogen-bond donors (Lipinski definition) is 1. The molecule has 6 heteroatoms. The zero-order valence-electron chi connectivity index (χ0n) is 34.3. The van der Waals surface area contributed by atoms with Gasteiger partial charge in [-0.25, -0.2) is 4.98 Å². The topological polar surface area (TPSA) is 63.1 Å². The van der Waals surface area contributed by atoms with Crippen LogP contribution in [-0.2, 0) is 36.7 Å². The zero-order chi connectivity index (χ0) is 38.4. The monoisotopic (exact) mass is 922 g/mol. The second kappa shape index (κ2) is 19.1. The van der Waals surface area contributed by atoms with Crippen LogP contribution in [0, 0.1) is 44.6 Å². The molecule has 2 heterocycles. The molecule has 0 saturated heterocycles. The molecule has 1 N–H and O–H groups in total. The van der Waals surface area contributed by atoms with Crippen LogP contribution in [0.1, 0.15) is 128 Å². The number of rotatable bonds is 11. The van der Waals surface area contributed by atoms with Gasteiger partial charge in [0.15, 0.2) is 5.78 Å². The van der Waals surface area contributed by atoms with E-state index < -0.39 is 0 Å². The molecule has 54 heavy (non-hydrogen) atoms. The van der Waals surface area contributed by atoms with Crippen molar-refractivity contribution in [3.63, 3.8) is 0 Å². The minimum atomic E-state index is 0. The summed E-state index contributed by atoms with van der Waals surface area (Å²) in [7, 11) is 0. The van der Waals surface area contributed by atoms with Crippen LogP contribution >= 0.6 is 11.3 Å². The second-order valence-electron chi connectivity index (χ2n) is 16.3. The molecule has 1 aliphatic rings. The van der Waals surface area contributed by atoms with Crippen molar-refractivity contribution in [1.29, 1.82) is 0 Å². The Morgan fingerprint density at radius 3 is 2.13 bits per heavy atom. The molecule has 0 atom stereocenters. The fourth-order valence-electron chi connectivity index (χ4n) is 8.29. The van der Waals surface area contributed by atoms with E-state index in [-0.39, 0.29) is 48.9 Å². The Morgan fingerprint density at radius 2 is 1.54 bits per heavy atom. The first kappa shape index (κ1) is 43.5. The number of benzene rings is 3. The Hall–Kier alpha value is -3.18. The number of aliphatic hydroxyl groups is 1. The number of nitrogens with zero attached hydrogens (tertiary/aromatic N) is 2. The molecule has 291 valence electrons. The number of carbonyl (C=O) groups is 1. The molecule has 0 aliphatic heterocycles. The molecule has 1 saturated carbocycles. The second-order valence-corrected chi connectivity index (χ2v) is 17.3. The predicted octanol–water partition coefficient (Wildman–Crippen LogP) is 13.8. The minimum absolute atomic E-state index is 0. The minimum Gasteiger partial charge on any atom is -0.512 e. The predicted molar refractivity (Wildman–Crippen MR) is 227 cm³/mol. The van der Waals surface area contributed by atoms with Crippen molar-refractivity contribution < 1.29 is 30.0 Å². The quantitative estimate of drug-likeness (QED) is 0.0814. The van der Waals surface area contributed by atoms with Gasteiger partial charge < -0.3 is 5.11 Å². The van der Waals surface area contributed by atoms with Crippen LogP contribution in [0.2, 0.25) is 0 Å². The van der Waals surface area contributed by atoms with Crippen molar-refractivity contribution in [3.05, 3.63) is 94.5 Å². The summed E-state index contributed by atoms with van der Waals surface area (Å²) in [6.07, 6.45) is 13.4. The number of fused-ring (bicyclic) bond motifs is 2. The molecule has 0 unspecified atom stereocenters. The number of allylic oxidation sites excluding steroid dienone is 2. The van der Waals surface area contributed by atoms with E-state index in [1.807, 2.05) is 39.0 Å². The van der Waals surface area contributed by atoms with Gasteiger partial charge >= 0.3 is 0 Å². The Balaban J connectivity index is 0.000000347. The Labute approximate surface area is 342 Å². The van der Waals surface area contributed by atoms with E-state index in [0.29, 0.717) is 0 Å². The molecule has 3 aromatic carbocycles. The fourth-order valence-corrected chi connectivity index (χ4v) is 9.73. The van der Waals surface area contributed by atoms with Gasteiger partial charge in [0.05, 0.1) is 11.3 Å². The van der Waals surface area contributed by atoms with Gasteiger partial charge in [-0.05, 0) is 92.0 Å². The number of ketones is 1. The normalized spacial score (nSPS) is 13.8. The molecule has 2 aromatic heterocycles. The molecule has 0 amide bonds. The van der Waals surface area contributed by atoms with Crippen LogP contribution in [0.4, 0.5) is 0 Å². The summed E-state index contributed by atoms with van der Waals surface area (Å²) in [6.45, 7) is 21.7. The van der Waals surface area contributed by atoms with Crippen LogP contribution in [0.5, 0.6) is 0 Å². The zero-order valence-corrected chi connectivity index (χ0v) is 37.5. The number of aliphatic hydroxyl groups excluding tert-OH is 1. The Bertz CT molecular complexity index is 2050. The summed E-state index contributed by atoms with van der Waals surface area (Å²) in [5.74, 6) is 1.41. The van der Waals surface area contributed by atoms with E-state index >= 15 is 0 Å². The molecule has 0 spiro atoms. The first-order chi connectivity index (χ1) is 25.3. The molecule has 1 aliphatic carbocycles. The maximum Gasteiger partial charge on any atom is 0.162 e. The van der Waals surface area contributed by atoms with Crippen molar-refractivity contribution >= 4 is 38.1 Å². The van der Waals surface area contributed by atoms with Crippen LogP contribution in [0.25, 0.3) is 42.7 Å². The van der Waals surface area contributed by atoms with Crippen molar-refractivity contribution in [2.75, 3.05) is 0 Å². The van der Waals surface area contributed by atoms with Crippen LogP contribution in [-0.4, -0.2) is 20.9 Å². The molecule has 4 nitrogen and oxygen atoms in total. The van der Waals surface area contributed by atoms with Gasteiger partial charge in [-0.2, -0.15) is 0 Å². The first-order valence-electron chi connectivity index (χ1n) is 20.1. The molecule has 1 radical (unpaired) electrons. The Morgan fingerprint density at radius 1 is 0.926 bits per heavy atom. The summed E-state index contributed by atoms with van der Waals surface area (Å²) in [5, 5.41) is 12.2. The SMILES string of the molecule is CCC(CC)C(=O)/C=C(\O)C(CC)CC.Cc1cc(CC2CCCC2)cc(C)c1-c1sc2c(-c3[c-]c4ccccc4c(C(C)(C)C)c3)ncnc2c1C.[Ir]. The van der Waals surface area contributed by atoms with Gasteiger partial charge in [0.25, 0.3) is 0 Å². The van der Waals surface area contributed by atoms with Crippen molar-refractivity contribution in [3.8, 4) is 21.7 Å². The van der Waals surface area contributed by atoms with Crippen LogP contribution in [0.15, 0.2) is 60.6 Å². The molecular formula is C48H61IrN2O2S-. The summed E-state index contributed by atoms with van der Waals surface area (Å²) < 4.78 is 1.15. The summed E-state index contributed by atoms with van der Waals surface area (Å²) in [5.41, 5.74) is 11.3. The summed E-state index contributed by atoms with van der Waals surface area (Å²) in [4.78, 5) is 22.7. The van der Waals surface area contributed by atoms with Gasteiger partial charge in [-0.1, -0.05) is 115 Å². The molecule has 5 aromatic rings. The molecule has 1 fully saturated rings. The van der Waals surface area contributed by atoms with Gasteiger partial charge in [-0.3, -0.25) is 9.78 Å². The van der Waals surface area contributed by atoms with E-state index in [2.05, 4.69) is 90.1 Å². The fraction of sp³-hybridized carbons (Fsp3) is 0.479. The van der Waals surface area contributed by atoms with E-state index in [9.17, 15) is 9.90 Å². The maximum absolute atomic E-state index is 11.7. The van der Waals surface area contributed by atoms with Crippen LogP contribution in [0.3, 0.4) is 0 Å². The molecule has 0 bridgehead atoms. The third kappa shape index (κ3) is 9.78. The van der Waals surface area contributed by atoms with Crippen molar-refractivity contribution in [1.82, 2.24) is 9.97 Å². The summed E-state index contributed by atoms with van der Waals surface area (Å²) in [6, 6.07) is 19.5. The average Bonchev–Trinajstić information content (AvgIpc) is 3.76. The number of thiophene rings is 1. The molecule has 6 rings (SSSR count). The van der Waals surface area contributed by atoms with E-state index in [0.717, 1.165) is 58.5 Å². The smallest absolute Gasteiger partial charge is 0.162 e.